The van der Waals surface area contributed by atoms with Crippen LogP contribution in [0.4, 0.5) is 0 Å². The lowest BCUT2D eigenvalue weighted by Crippen LogP contribution is -2.40. The van der Waals surface area contributed by atoms with Crippen LogP contribution in [0.2, 0.25) is 0 Å². The van der Waals surface area contributed by atoms with Crippen LogP contribution in [0.5, 0.6) is 0 Å². The summed E-state index contributed by atoms with van der Waals surface area (Å²) in [5.74, 6) is -0.445. The van der Waals surface area contributed by atoms with Gasteiger partial charge in [0.2, 0.25) is 15.9 Å². The Bertz CT molecular complexity index is 1020. The first-order chi connectivity index (χ1) is 14.4. The first-order valence-electron chi connectivity index (χ1n) is 9.82. The topological polar surface area (TPSA) is 112 Å². The molecule has 2 N–H and O–H groups in total. The van der Waals surface area contributed by atoms with Gasteiger partial charge in [-0.05, 0) is 29.5 Å². The Hall–Kier alpha value is -2.21. The summed E-state index contributed by atoms with van der Waals surface area (Å²) in [5, 5.41) is 4.73. The zero-order chi connectivity index (χ0) is 21.1. The summed E-state index contributed by atoms with van der Waals surface area (Å²) >= 11 is 1.72. The SMILES string of the molecule is O=C(NCCC(=O)N1CCc2sccc2C1)c1cc(S(=O)(=O)N2CCOCC2)c[nH]1. The Morgan fingerprint density at radius 1 is 1.23 bits per heavy atom. The van der Waals surface area contributed by atoms with Gasteiger partial charge in [0.1, 0.15) is 10.6 Å². The van der Waals surface area contributed by atoms with Gasteiger partial charge in [0.25, 0.3) is 5.91 Å². The highest BCUT2D eigenvalue weighted by Crippen LogP contribution is 2.24. The zero-order valence-electron chi connectivity index (χ0n) is 16.4. The molecular weight excluding hydrogens is 428 g/mol. The van der Waals surface area contributed by atoms with Crippen LogP contribution in [0, 0.1) is 0 Å². The first-order valence-corrected chi connectivity index (χ1v) is 12.1. The fourth-order valence-electron chi connectivity index (χ4n) is 3.59. The third-order valence-corrected chi connectivity index (χ3v) is 8.19. The van der Waals surface area contributed by atoms with E-state index in [4.69, 9.17) is 4.74 Å². The minimum atomic E-state index is -3.66. The monoisotopic (exact) mass is 452 g/mol. The minimum Gasteiger partial charge on any atom is -0.379 e. The molecule has 2 aromatic heterocycles. The molecule has 9 nitrogen and oxygen atoms in total. The number of H-pyrrole nitrogens is 1. The number of fused-ring (bicyclic) bond motifs is 1. The molecule has 1 saturated heterocycles. The van der Waals surface area contributed by atoms with Gasteiger partial charge in [-0.1, -0.05) is 0 Å². The van der Waals surface area contributed by atoms with E-state index >= 15 is 0 Å². The van der Waals surface area contributed by atoms with Gasteiger partial charge in [0.05, 0.1) is 13.2 Å². The molecule has 0 saturated carbocycles. The normalized spacial score (nSPS) is 17.5. The summed E-state index contributed by atoms with van der Waals surface area (Å²) in [5.41, 5.74) is 1.35. The predicted molar refractivity (Wildman–Crippen MR) is 111 cm³/mol. The molecule has 2 amide bonds. The highest BCUT2D eigenvalue weighted by molar-refractivity contribution is 7.89. The van der Waals surface area contributed by atoms with Gasteiger partial charge in [-0.2, -0.15) is 4.31 Å². The van der Waals surface area contributed by atoms with Crippen molar-refractivity contribution in [2.75, 3.05) is 39.4 Å². The minimum absolute atomic E-state index is 0.00535. The van der Waals surface area contributed by atoms with Crippen molar-refractivity contribution in [3.05, 3.63) is 39.8 Å². The number of ether oxygens (including phenoxy) is 1. The lowest BCUT2D eigenvalue weighted by Gasteiger charge is -2.27. The van der Waals surface area contributed by atoms with Crippen LogP contribution >= 0.6 is 11.3 Å². The van der Waals surface area contributed by atoms with Crippen molar-refractivity contribution in [2.24, 2.45) is 0 Å². The Morgan fingerprint density at radius 3 is 2.83 bits per heavy atom. The summed E-state index contributed by atoms with van der Waals surface area (Å²) in [4.78, 5) is 30.7. The van der Waals surface area contributed by atoms with E-state index in [-0.39, 0.29) is 29.5 Å². The van der Waals surface area contributed by atoms with Crippen molar-refractivity contribution in [2.45, 2.75) is 24.3 Å². The van der Waals surface area contributed by atoms with Crippen molar-refractivity contribution in [3.63, 3.8) is 0 Å². The number of aromatic amines is 1. The van der Waals surface area contributed by atoms with Crippen LogP contribution in [0.15, 0.2) is 28.6 Å². The quantitative estimate of drug-likeness (QED) is 0.674. The molecule has 11 heteroatoms. The molecule has 0 aromatic carbocycles. The number of nitrogens with zero attached hydrogens (tertiary/aromatic N) is 2. The number of hydrogen-bond acceptors (Lipinski definition) is 6. The Morgan fingerprint density at radius 2 is 2.03 bits per heavy atom. The van der Waals surface area contributed by atoms with E-state index in [1.54, 1.807) is 11.3 Å². The number of nitrogens with one attached hydrogen (secondary N) is 2. The third-order valence-electron chi connectivity index (χ3n) is 5.29. The molecule has 2 aromatic rings. The number of aromatic nitrogens is 1. The smallest absolute Gasteiger partial charge is 0.267 e. The van der Waals surface area contributed by atoms with Crippen LogP contribution in [0.25, 0.3) is 0 Å². The van der Waals surface area contributed by atoms with E-state index in [0.29, 0.717) is 39.4 Å². The van der Waals surface area contributed by atoms with Crippen molar-refractivity contribution in [3.8, 4) is 0 Å². The van der Waals surface area contributed by atoms with E-state index in [1.807, 2.05) is 10.3 Å². The Labute approximate surface area is 179 Å². The van der Waals surface area contributed by atoms with E-state index in [9.17, 15) is 18.0 Å². The van der Waals surface area contributed by atoms with E-state index in [2.05, 4.69) is 16.4 Å². The summed E-state index contributed by atoms with van der Waals surface area (Å²) in [7, 11) is -3.66. The molecule has 0 spiro atoms. The van der Waals surface area contributed by atoms with E-state index in [0.717, 1.165) is 6.42 Å². The van der Waals surface area contributed by atoms with Crippen LogP contribution in [0.3, 0.4) is 0 Å². The summed E-state index contributed by atoms with van der Waals surface area (Å²) in [6, 6.07) is 3.37. The fourth-order valence-corrected chi connectivity index (χ4v) is 5.88. The van der Waals surface area contributed by atoms with E-state index in [1.165, 1.54) is 27.0 Å². The second-order valence-electron chi connectivity index (χ2n) is 7.21. The molecule has 0 aliphatic carbocycles. The Balaban J connectivity index is 1.28. The van der Waals surface area contributed by atoms with Gasteiger partial charge in [-0.15, -0.1) is 11.3 Å². The molecule has 0 unspecified atom stereocenters. The lowest BCUT2D eigenvalue weighted by atomic mass is 10.1. The van der Waals surface area contributed by atoms with Crippen LogP contribution in [0.1, 0.15) is 27.3 Å². The van der Waals surface area contributed by atoms with Gasteiger partial charge < -0.3 is 19.9 Å². The molecule has 4 rings (SSSR count). The van der Waals surface area contributed by atoms with Gasteiger partial charge in [-0.25, -0.2) is 8.42 Å². The van der Waals surface area contributed by atoms with Crippen molar-refractivity contribution < 1.29 is 22.7 Å². The molecule has 30 heavy (non-hydrogen) atoms. The van der Waals surface area contributed by atoms with E-state index < -0.39 is 15.9 Å². The maximum atomic E-state index is 12.6. The summed E-state index contributed by atoms with van der Waals surface area (Å²) in [6.45, 7) is 2.80. The lowest BCUT2D eigenvalue weighted by molar-refractivity contribution is -0.131. The van der Waals surface area contributed by atoms with Gasteiger partial charge in [0.15, 0.2) is 0 Å². The second kappa shape index (κ2) is 8.88. The molecule has 162 valence electrons. The average Bonchev–Trinajstić information content (AvgIpc) is 3.43. The van der Waals surface area contributed by atoms with Crippen molar-refractivity contribution >= 4 is 33.2 Å². The average molecular weight is 453 g/mol. The zero-order valence-corrected chi connectivity index (χ0v) is 18.1. The predicted octanol–water partition coefficient (Wildman–Crippen LogP) is 0.802. The van der Waals surface area contributed by atoms with Crippen LogP contribution in [-0.2, 0) is 32.5 Å². The molecule has 2 aliphatic rings. The molecule has 0 bridgehead atoms. The van der Waals surface area contributed by atoms with Crippen molar-refractivity contribution in [1.29, 1.82) is 0 Å². The molecule has 4 heterocycles. The number of hydrogen-bond donors (Lipinski definition) is 2. The highest BCUT2D eigenvalue weighted by atomic mass is 32.2. The number of sulfonamides is 1. The van der Waals surface area contributed by atoms with Crippen LogP contribution < -0.4 is 5.32 Å². The summed E-state index contributed by atoms with van der Waals surface area (Å²) in [6.07, 6.45) is 2.38. The number of rotatable bonds is 6. The number of morpholine rings is 1. The number of thiophene rings is 1. The second-order valence-corrected chi connectivity index (χ2v) is 10.1. The standard InChI is InChI=1S/C19H24N4O5S2/c24-18(22-5-2-17-14(13-22)3-10-29-17)1-4-20-19(25)16-11-15(12-21-16)30(26,27)23-6-8-28-9-7-23/h3,10-12,21H,1-2,4-9,13H2,(H,20,25). The maximum Gasteiger partial charge on any atom is 0.267 e. The molecule has 0 radical (unpaired) electrons. The highest BCUT2D eigenvalue weighted by Gasteiger charge is 2.28. The number of carbonyl (C=O) groups excluding carboxylic acids is 2. The van der Waals surface area contributed by atoms with Gasteiger partial charge >= 0.3 is 0 Å². The fraction of sp³-hybridized carbons (Fsp3) is 0.474. The first kappa shape index (κ1) is 21.0. The van der Waals surface area contributed by atoms with Crippen molar-refractivity contribution in [1.82, 2.24) is 19.5 Å². The maximum absolute atomic E-state index is 12.6. The molecular formula is C19H24N4O5S2. The molecule has 2 aliphatic heterocycles. The van der Waals surface area contributed by atoms with Crippen LogP contribution in [-0.4, -0.2) is 73.8 Å². The van der Waals surface area contributed by atoms with Gasteiger partial charge in [0, 0.05) is 50.2 Å². The summed E-state index contributed by atoms with van der Waals surface area (Å²) < 4.78 is 31.8. The Kier molecular flexibility index (Phi) is 6.23. The number of carbonyl (C=O) groups is 2. The largest absolute Gasteiger partial charge is 0.379 e. The number of amides is 2. The van der Waals surface area contributed by atoms with Gasteiger partial charge in [-0.3, -0.25) is 9.59 Å². The molecule has 1 fully saturated rings. The third kappa shape index (κ3) is 4.43. The molecule has 0 atom stereocenters.